The number of hydrogen-bond acceptors (Lipinski definition) is 2. The van der Waals surface area contributed by atoms with Crippen LogP contribution in [0.25, 0.3) is 0 Å². The number of halogens is 1. The highest BCUT2D eigenvalue weighted by atomic mass is 79.9. The Labute approximate surface area is 117 Å². The molecule has 3 heteroatoms. The normalized spacial score (nSPS) is 12.1. The Balaban J connectivity index is 2.32. The number of rotatable bonds is 7. The van der Waals surface area contributed by atoms with Gasteiger partial charge >= 0.3 is 0 Å². The molecule has 1 N–H and O–H groups in total. The lowest BCUT2D eigenvalue weighted by Crippen LogP contribution is -2.27. The molecule has 0 spiro atoms. The van der Waals surface area contributed by atoms with Crippen LogP contribution >= 0.6 is 27.7 Å². The second-order valence-corrected chi connectivity index (χ2v) is 5.86. The number of unbranched alkanes of at least 4 members (excludes halogenated alkanes) is 1. The molecule has 0 radical (unpaired) electrons. The van der Waals surface area contributed by atoms with E-state index < -0.39 is 0 Å². The molecule has 0 aliphatic heterocycles. The molecule has 0 heterocycles. The van der Waals surface area contributed by atoms with Crippen LogP contribution in [-0.4, -0.2) is 18.8 Å². The molecule has 1 aromatic rings. The van der Waals surface area contributed by atoms with E-state index in [0.717, 1.165) is 29.5 Å². The summed E-state index contributed by atoms with van der Waals surface area (Å²) in [6.45, 7) is 0. The van der Waals surface area contributed by atoms with Gasteiger partial charge in [-0.05, 0) is 44.2 Å². The van der Waals surface area contributed by atoms with Crippen LogP contribution in [0.2, 0.25) is 0 Å². The fourth-order valence-electron chi connectivity index (χ4n) is 1.49. The Hall–Kier alpha value is -0.430. The van der Waals surface area contributed by atoms with E-state index in [0.29, 0.717) is 6.04 Å². The quantitative estimate of drug-likeness (QED) is 0.465. The van der Waals surface area contributed by atoms with E-state index in [4.69, 9.17) is 6.42 Å². The van der Waals surface area contributed by atoms with Gasteiger partial charge in [0.25, 0.3) is 0 Å². The van der Waals surface area contributed by atoms with Crippen LogP contribution in [0.5, 0.6) is 0 Å². The van der Waals surface area contributed by atoms with Crippen molar-refractivity contribution in [3.05, 3.63) is 28.7 Å². The topological polar surface area (TPSA) is 12.0 Å². The van der Waals surface area contributed by atoms with Crippen molar-refractivity contribution in [2.24, 2.45) is 0 Å². The lowest BCUT2D eigenvalue weighted by molar-refractivity contribution is 0.554. The molecule has 0 aliphatic carbocycles. The Bertz CT molecular complexity index is 355. The zero-order valence-corrected chi connectivity index (χ0v) is 12.5. The minimum Gasteiger partial charge on any atom is -0.316 e. The highest BCUT2D eigenvalue weighted by molar-refractivity contribution is 9.10. The monoisotopic (exact) mass is 311 g/mol. The first-order chi connectivity index (χ1) is 8.26. The van der Waals surface area contributed by atoms with Crippen LogP contribution < -0.4 is 5.32 Å². The van der Waals surface area contributed by atoms with E-state index in [1.54, 1.807) is 0 Å². The predicted octanol–water partition coefficient (Wildman–Crippen LogP) is 3.93. The van der Waals surface area contributed by atoms with Gasteiger partial charge in [0.2, 0.25) is 0 Å². The molecule has 92 valence electrons. The van der Waals surface area contributed by atoms with Gasteiger partial charge in [0.1, 0.15) is 0 Å². The van der Waals surface area contributed by atoms with Crippen molar-refractivity contribution in [3.63, 3.8) is 0 Å². The first-order valence-electron chi connectivity index (χ1n) is 5.75. The first kappa shape index (κ1) is 14.6. The van der Waals surface area contributed by atoms with Gasteiger partial charge in [-0.3, -0.25) is 0 Å². The Morgan fingerprint density at radius 1 is 1.41 bits per heavy atom. The SMILES string of the molecule is C#CCCCC(CSc1ccc(Br)cc1)NC. The summed E-state index contributed by atoms with van der Waals surface area (Å²) in [6.07, 6.45) is 8.37. The van der Waals surface area contributed by atoms with Gasteiger partial charge in [-0.1, -0.05) is 15.9 Å². The van der Waals surface area contributed by atoms with E-state index in [-0.39, 0.29) is 0 Å². The third kappa shape index (κ3) is 6.16. The van der Waals surface area contributed by atoms with Gasteiger partial charge < -0.3 is 5.32 Å². The fourth-order valence-corrected chi connectivity index (χ4v) is 2.81. The fraction of sp³-hybridized carbons (Fsp3) is 0.429. The standard InChI is InChI=1S/C14H18BrNS/c1-3-4-5-6-13(16-2)11-17-14-9-7-12(15)8-10-14/h1,7-10,13,16H,4-6,11H2,2H3. The van der Waals surface area contributed by atoms with Crippen LogP contribution in [0, 0.1) is 12.3 Å². The van der Waals surface area contributed by atoms with Crippen molar-refractivity contribution in [1.82, 2.24) is 5.32 Å². The Morgan fingerprint density at radius 3 is 2.71 bits per heavy atom. The van der Waals surface area contributed by atoms with Crippen LogP contribution in [0.1, 0.15) is 19.3 Å². The number of nitrogens with one attached hydrogen (secondary N) is 1. The third-order valence-electron chi connectivity index (χ3n) is 2.55. The number of benzene rings is 1. The van der Waals surface area contributed by atoms with Crippen LogP contribution in [-0.2, 0) is 0 Å². The summed E-state index contributed by atoms with van der Waals surface area (Å²) in [5.74, 6) is 3.77. The van der Waals surface area contributed by atoms with E-state index in [2.05, 4.69) is 51.4 Å². The third-order valence-corrected chi connectivity index (χ3v) is 4.25. The van der Waals surface area contributed by atoms with Gasteiger partial charge in [0, 0.05) is 27.6 Å². The Kier molecular flexibility index (Phi) is 7.43. The summed E-state index contributed by atoms with van der Waals surface area (Å²) in [5, 5.41) is 3.34. The summed E-state index contributed by atoms with van der Waals surface area (Å²) >= 11 is 5.33. The lowest BCUT2D eigenvalue weighted by atomic mass is 10.1. The zero-order valence-electron chi connectivity index (χ0n) is 10.1. The van der Waals surface area contributed by atoms with Crippen molar-refractivity contribution in [2.75, 3.05) is 12.8 Å². The van der Waals surface area contributed by atoms with E-state index in [1.807, 2.05) is 18.8 Å². The summed E-state index contributed by atoms with van der Waals surface area (Å²) in [6, 6.07) is 8.98. The van der Waals surface area contributed by atoms with Crippen molar-refractivity contribution in [2.45, 2.75) is 30.2 Å². The van der Waals surface area contributed by atoms with Crippen molar-refractivity contribution in [3.8, 4) is 12.3 Å². The van der Waals surface area contributed by atoms with Crippen LogP contribution in [0.15, 0.2) is 33.6 Å². The van der Waals surface area contributed by atoms with E-state index in [1.165, 1.54) is 4.90 Å². The molecule has 1 unspecified atom stereocenters. The van der Waals surface area contributed by atoms with Crippen LogP contribution in [0.3, 0.4) is 0 Å². The molecule has 0 fully saturated rings. The molecule has 0 saturated carbocycles. The van der Waals surface area contributed by atoms with Gasteiger partial charge in [-0.15, -0.1) is 24.1 Å². The molecular weight excluding hydrogens is 294 g/mol. The van der Waals surface area contributed by atoms with Crippen molar-refractivity contribution < 1.29 is 0 Å². The molecule has 0 amide bonds. The molecule has 1 nitrogen and oxygen atoms in total. The van der Waals surface area contributed by atoms with E-state index >= 15 is 0 Å². The van der Waals surface area contributed by atoms with E-state index in [9.17, 15) is 0 Å². The molecule has 0 bridgehead atoms. The average molecular weight is 312 g/mol. The minimum absolute atomic E-state index is 0.539. The summed E-state index contributed by atoms with van der Waals surface area (Å²) < 4.78 is 1.13. The van der Waals surface area contributed by atoms with Gasteiger partial charge in [-0.25, -0.2) is 0 Å². The van der Waals surface area contributed by atoms with Crippen molar-refractivity contribution >= 4 is 27.7 Å². The lowest BCUT2D eigenvalue weighted by Gasteiger charge is -2.15. The largest absolute Gasteiger partial charge is 0.316 e. The summed E-state index contributed by atoms with van der Waals surface area (Å²) in [4.78, 5) is 1.31. The zero-order chi connectivity index (χ0) is 12.5. The highest BCUT2D eigenvalue weighted by Gasteiger charge is 2.06. The number of thioether (sulfide) groups is 1. The maximum Gasteiger partial charge on any atom is 0.0176 e. The van der Waals surface area contributed by atoms with Gasteiger partial charge in [0.05, 0.1) is 0 Å². The molecule has 0 aromatic heterocycles. The first-order valence-corrected chi connectivity index (χ1v) is 7.53. The second kappa shape index (κ2) is 8.63. The molecular formula is C14H18BrNS. The second-order valence-electron chi connectivity index (χ2n) is 3.85. The molecule has 1 aromatic carbocycles. The smallest absolute Gasteiger partial charge is 0.0176 e. The number of hydrogen-bond donors (Lipinski definition) is 1. The Morgan fingerprint density at radius 2 is 2.12 bits per heavy atom. The van der Waals surface area contributed by atoms with Gasteiger partial charge in [0.15, 0.2) is 0 Å². The molecule has 17 heavy (non-hydrogen) atoms. The van der Waals surface area contributed by atoms with Crippen LogP contribution in [0.4, 0.5) is 0 Å². The minimum atomic E-state index is 0.539. The van der Waals surface area contributed by atoms with Gasteiger partial charge in [-0.2, -0.15) is 0 Å². The molecule has 0 saturated heterocycles. The molecule has 1 atom stereocenters. The summed E-state index contributed by atoms with van der Waals surface area (Å²) in [5.41, 5.74) is 0. The highest BCUT2D eigenvalue weighted by Crippen LogP contribution is 2.22. The predicted molar refractivity (Wildman–Crippen MR) is 80.4 cm³/mol. The number of terminal acetylenes is 1. The molecule has 1 rings (SSSR count). The summed E-state index contributed by atoms with van der Waals surface area (Å²) in [7, 11) is 2.02. The maximum absolute atomic E-state index is 5.26. The van der Waals surface area contributed by atoms with Crippen molar-refractivity contribution in [1.29, 1.82) is 0 Å². The average Bonchev–Trinajstić information content (AvgIpc) is 2.35. The molecule has 0 aliphatic rings. The maximum atomic E-state index is 5.26.